The Bertz CT molecular complexity index is 630. The minimum atomic E-state index is -0.179. The number of hydrogen-bond acceptors (Lipinski definition) is 6. The Balaban J connectivity index is 1.58. The number of fused-ring (bicyclic) bond motifs is 1. The molecule has 0 bridgehead atoms. The van der Waals surface area contributed by atoms with Crippen molar-refractivity contribution in [3.63, 3.8) is 0 Å². The van der Waals surface area contributed by atoms with Gasteiger partial charge in [-0.25, -0.2) is 0 Å². The van der Waals surface area contributed by atoms with Crippen molar-refractivity contribution in [2.45, 2.75) is 0 Å². The molecule has 2 saturated heterocycles. The van der Waals surface area contributed by atoms with Gasteiger partial charge in [-0.3, -0.25) is 0 Å². The lowest BCUT2D eigenvalue weighted by molar-refractivity contribution is 0.0985. The van der Waals surface area contributed by atoms with E-state index in [1.165, 1.54) is 0 Å². The highest BCUT2D eigenvalue weighted by molar-refractivity contribution is 5.55. The third-order valence-electron chi connectivity index (χ3n) is 4.55. The van der Waals surface area contributed by atoms with Crippen molar-refractivity contribution in [1.82, 2.24) is 10.1 Å². The van der Waals surface area contributed by atoms with Crippen LogP contribution < -0.4 is 4.90 Å². The van der Waals surface area contributed by atoms with Crippen LogP contribution in [0.1, 0.15) is 0 Å². The van der Waals surface area contributed by atoms with Crippen LogP contribution in [0.5, 0.6) is 0 Å². The van der Waals surface area contributed by atoms with Crippen LogP contribution in [0.4, 0.5) is 6.01 Å². The van der Waals surface area contributed by atoms with Crippen molar-refractivity contribution in [2.24, 2.45) is 11.3 Å². The van der Waals surface area contributed by atoms with E-state index in [4.69, 9.17) is 9.26 Å². The molecule has 2 fully saturated rings. The van der Waals surface area contributed by atoms with Crippen LogP contribution in [0.3, 0.4) is 0 Å². The highest BCUT2D eigenvalue weighted by Gasteiger charge is 2.51. The van der Waals surface area contributed by atoms with E-state index in [2.05, 4.69) is 15.0 Å². The van der Waals surface area contributed by atoms with Gasteiger partial charge in [0.05, 0.1) is 19.8 Å². The molecular weight excluding hydrogens is 270 g/mol. The van der Waals surface area contributed by atoms with E-state index in [9.17, 15) is 5.11 Å². The molecule has 2 atom stereocenters. The number of hydrogen-bond donors (Lipinski definition) is 1. The highest BCUT2D eigenvalue weighted by atomic mass is 16.5. The van der Waals surface area contributed by atoms with Gasteiger partial charge in [0.2, 0.25) is 5.82 Å². The standard InChI is InChI=1S/C15H17N3O3/c19-9-15-8-18(6-12(15)7-20-10-15)14-16-13(17-21-14)11-4-2-1-3-5-11/h1-5,12,19H,6-10H2/t12-,15-/m0/s1. The lowest BCUT2D eigenvalue weighted by Crippen LogP contribution is -2.34. The number of aliphatic hydroxyl groups excluding tert-OH is 1. The van der Waals surface area contributed by atoms with Crippen LogP contribution >= 0.6 is 0 Å². The molecule has 6 nitrogen and oxygen atoms in total. The van der Waals surface area contributed by atoms with Crippen molar-refractivity contribution in [3.8, 4) is 11.4 Å². The van der Waals surface area contributed by atoms with Gasteiger partial charge in [-0.2, -0.15) is 4.98 Å². The van der Waals surface area contributed by atoms with Gasteiger partial charge in [-0.15, -0.1) is 0 Å². The predicted octanol–water partition coefficient (Wildman–Crippen LogP) is 1.18. The van der Waals surface area contributed by atoms with Gasteiger partial charge in [-0.05, 0) is 0 Å². The van der Waals surface area contributed by atoms with E-state index in [0.717, 1.165) is 12.1 Å². The van der Waals surface area contributed by atoms with Crippen molar-refractivity contribution >= 4 is 6.01 Å². The summed E-state index contributed by atoms with van der Waals surface area (Å²) >= 11 is 0. The summed E-state index contributed by atoms with van der Waals surface area (Å²) in [7, 11) is 0. The molecule has 1 aromatic heterocycles. The minimum Gasteiger partial charge on any atom is -0.396 e. The number of aliphatic hydroxyl groups is 1. The fourth-order valence-corrected chi connectivity index (χ4v) is 3.25. The maximum Gasteiger partial charge on any atom is 0.324 e. The number of anilines is 1. The largest absolute Gasteiger partial charge is 0.396 e. The third kappa shape index (κ3) is 2.02. The fraction of sp³-hybridized carbons (Fsp3) is 0.467. The molecule has 4 rings (SSSR count). The number of aromatic nitrogens is 2. The van der Waals surface area contributed by atoms with Gasteiger partial charge in [-0.1, -0.05) is 35.5 Å². The van der Waals surface area contributed by atoms with E-state index in [-0.39, 0.29) is 12.0 Å². The normalized spacial score (nSPS) is 28.0. The number of nitrogens with zero attached hydrogens (tertiary/aromatic N) is 3. The van der Waals surface area contributed by atoms with Gasteiger partial charge in [0.1, 0.15) is 0 Å². The van der Waals surface area contributed by atoms with Crippen molar-refractivity contribution < 1.29 is 14.4 Å². The van der Waals surface area contributed by atoms with Crippen molar-refractivity contribution in [1.29, 1.82) is 0 Å². The Labute approximate surface area is 122 Å². The number of rotatable bonds is 3. The third-order valence-corrected chi connectivity index (χ3v) is 4.55. The zero-order valence-corrected chi connectivity index (χ0v) is 11.6. The second-order valence-electron chi connectivity index (χ2n) is 5.88. The first-order valence-electron chi connectivity index (χ1n) is 7.13. The average Bonchev–Trinajstić information content (AvgIpc) is 3.21. The monoisotopic (exact) mass is 287 g/mol. The summed E-state index contributed by atoms with van der Waals surface area (Å²) in [6.45, 7) is 2.91. The van der Waals surface area contributed by atoms with Gasteiger partial charge >= 0.3 is 6.01 Å². The predicted molar refractivity (Wildman–Crippen MR) is 75.8 cm³/mol. The van der Waals surface area contributed by atoms with E-state index in [1.54, 1.807) is 0 Å². The van der Waals surface area contributed by atoms with Crippen LogP contribution in [0.2, 0.25) is 0 Å². The Hall–Kier alpha value is -1.92. The van der Waals surface area contributed by atoms with Gasteiger partial charge < -0.3 is 19.3 Å². The number of benzene rings is 1. The second-order valence-corrected chi connectivity index (χ2v) is 5.88. The SMILES string of the molecule is OC[C@@]12COC[C@@H]1CN(c1nc(-c3ccccc3)no1)C2. The quantitative estimate of drug-likeness (QED) is 0.914. The van der Waals surface area contributed by atoms with E-state index in [1.807, 2.05) is 30.3 Å². The summed E-state index contributed by atoms with van der Waals surface area (Å²) in [6.07, 6.45) is 0. The van der Waals surface area contributed by atoms with Crippen LogP contribution in [0.25, 0.3) is 11.4 Å². The molecular formula is C15H17N3O3. The van der Waals surface area contributed by atoms with Crippen LogP contribution in [-0.4, -0.2) is 48.2 Å². The van der Waals surface area contributed by atoms with Crippen molar-refractivity contribution in [3.05, 3.63) is 30.3 Å². The molecule has 2 aliphatic heterocycles. The first kappa shape index (κ1) is 12.8. The summed E-state index contributed by atoms with van der Waals surface area (Å²) < 4.78 is 10.9. The fourth-order valence-electron chi connectivity index (χ4n) is 3.25. The summed E-state index contributed by atoms with van der Waals surface area (Å²) in [5.41, 5.74) is 0.758. The van der Waals surface area contributed by atoms with E-state index >= 15 is 0 Å². The van der Waals surface area contributed by atoms with Crippen LogP contribution in [0, 0.1) is 11.3 Å². The molecule has 2 aromatic rings. The molecule has 3 heterocycles. The molecule has 6 heteroatoms. The van der Waals surface area contributed by atoms with Gasteiger partial charge in [0.15, 0.2) is 0 Å². The topological polar surface area (TPSA) is 71.6 Å². The molecule has 110 valence electrons. The zero-order valence-electron chi connectivity index (χ0n) is 11.6. The maximum absolute atomic E-state index is 9.70. The summed E-state index contributed by atoms with van der Waals surface area (Å²) in [5, 5.41) is 13.8. The Morgan fingerprint density at radius 2 is 2.19 bits per heavy atom. The lowest BCUT2D eigenvalue weighted by atomic mass is 9.82. The molecule has 1 N–H and O–H groups in total. The summed E-state index contributed by atoms with van der Waals surface area (Å²) in [4.78, 5) is 6.54. The maximum atomic E-state index is 9.70. The number of ether oxygens (including phenoxy) is 1. The second kappa shape index (κ2) is 4.82. The molecule has 0 unspecified atom stereocenters. The molecule has 21 heavy (non-hydrogen) atoms. The Morgan fingerprint density at radius 3 is 2.95 bits per heavy atom. The van der Waals surface area contributed by atoms with E-state index in [0.29, 0.717) is 37.5 Å². The van der Waals surface area contributed by atoms with Gasteiger partial charge in [0.25, 0.3) is 0 Å². The first-order chi connectivity index (χ1) is 10.3. The molecule has 0 radical (unpaired) electrons. The lowest BCUT2D eigenvalue weighted by Gasteiger charge is -2.23. The smallest absolute Gasteiger partial charge is 0.324 e. The van der Waals surface area contributed by atoms with Crippen LogP contribution in [-0.2, 0) is 4.74 Å². The Morgan fingerprint density at radius 1 is 1.33 bits per heavy atom. The highest BCUT2D eigenvalue weighted by Crippen LogP contribution is 2.42. The summed E-state index contributed by atoms with van der Waals surface area (Å²) in [6, 6.07) is 10.3. The molecule has 0 amide bonds. The minimum absolute atomic E-state index is 0.133. The molecule has 0 saturated carbocycles. The molecule has 0 aliphatic carbocycles. The zero-order chi connectivity index (χ0) is 14.3. The first-order valence-corrected chi connectivity index (χ1v) is 7.13. The molecule has 0 spiro atoms. The van der Waals surface area contributed by atoms with Crippen molar-refractivity contribution in [2.75, 3.05) is 37.8 Å². The molecule has 2 aliphatic rings. The van der Waals surface area contributed by atoms with E-state index < -0.39 is 0 Å². The molecule has 1 aromatic carbocycles. The Kier molecular flexibility index (Phi) is 2.94. The average molecular weight is 287 g/mol. The van der Waals surface area contributed by atoms with Crippen LogP contribution in [0.15, 0.2) is 34.9 Å². The van der Waals surface area contributed by atoms with Gasteiger partial charge in [0, 0.05) is 30.0 Å². The summed E-state index contributed by atoms with van der Waals surface area (Å²) in [5.74, 6) is 0.923.